The maximum atomic E-state index is 12.2. The first-order valence-electron chi connectivity index (χ1n) is 8.47. The van der Waals surface area contributed by atoms with Gasteiger partial charge in [-0.05, 0) is 31.6 Å². The molecule has 3 heterocycles. The zero-order chi connectivity index (χ0) is 18.6. The lowest BCUT2D eigenvalue weighted by atomic mass is 9.83. The number of aliphatic hydroxyl groups is 1. The second kappa shape index (κ2) is 5.81. The monoisotopic (exact) mass is 348 g/mol. The minimum absolute atomic E-state index is 0.271. The van der Waals surface area contributed by atoms with Crippen molar-refractivity contribution < 1.29 is 28.9 Å². The van der Waals surface area contributed by atoms with Gasteiger partial charge in [0.15, 0.2) is 0 Å². The minimum Gasteiger partial charge on any atom is -0.461 e. The average molecular weight is 348 g/mol. The van der Waals surface area contributed by atoms with E-state index in [4.69, 9.17) is 14.2 Å². The molecule has 0 aromatic rings. The lowest BCUT2D eigenvalue weighted by molar-refractivity contribution is -0.190. The van der Waals surface area contributed by atoms with Crippen LogP contribution in [0.1, 0.15) is 34.1 Å². The maximum absolute atomic E-state index is 12.2. The van der Waals surface area contributed by atoms with Gasteiger partial charge in [-0.25, -0.2) is 4.79 Å². The SMILES string of the molecule is C=C1C(=O)O[C@H]2/C=C(/C)C3(O)C=C[C@@](C)(C[C@@H](OC(=O)C(C)C)[C@@H]12)O3. The summed E-state index contributed by atoms with van der Waals surface area (Å²) in [6, 6.07) is 0. The number of ether oxygens (including phenoxy) is 3. The fourth-order valence-corrected chi connectivity index (χ4v) is 3.51. The molecule has 1 fully saturated rings. The number of carbonyl (C=O) groups is 2. The van der Waals surface area contributed by atoms with Crippen LogP contribution < -0.4 is 0 Å². The molecule has 0 aromatic carbocycles. The Morgan fingerprint density at radius 3 is 2.76 bits per heavy atom. The Hall–Kier alpha value is -1.92. The molecular formula is C19H24O6. The molecule has 0 amide bonds. The molecule has 1 saturated heterocycles. The van der Waals surface area contributed by atoms with Gasteiger partial charge in [0.1, 0.15) is 12.2 Å². The van der Waals surface area contributed by atoms with Gasteiger partial charge in [0, 0.05) is 12.0 Å². The number of esters is 2. The van der Waals surface area contributed by atoms with Crippen molar-refractivity contribution in [1.82, 2.24) is 0 Å². The summed E-state index contributed by atoms with van der Waals surface area (Å²) in [5, 5.41) is 10.7. The molecule has 6 nitrogen and oxygen atoms in total. The number of hydrogen-bond donors (Lipinski definition) is 1. The topological polar surface area (TPSA) is 82.1 Å². The Morgan fingerprint density at radius 1 is 1.44 bits per heavy atom. The summed E-state index contributed by atoms with van der Waals surface area (Å²) in [5.41, 5.74) is -0.0548. The van der Waals surface area contributed by atoms with Crippen molar-refractivity contribution in [3.05, 3.63) is 36.0 Å². The van der Waals surface area contributed by atoms with Crippen LogP contribution in [0.25, 0.3) is 0 Å². The van der Waals surface area contributed by atoms with Gasteiger partial charge in [0.25, 0.3) is 0 Å². The largest absolute Gasteiger partial charge is 0.461 e. The Kier molecular flexibility index (Phi) is 4.16. The van der Waals surface area contributed by atoms with Crippen LogP contribution in [0.2, 0.25) is 0 Å². The third-order valence-electron chi connectivity index (χ3n) is 5.04. The predicted octanol–water partition coefficient (Wildman–Crippen LogP) is 2.04. The Morgan fingerprint density at radius 2 is 2.12 bits per heavy atom. The molecule has 1 N–H and O–H groups in total. The summed E-state index contributed by atoms with van der Waals surface area (Å²) in [6.07, 6.45) is 3.96. The maximum Gasteiger partial charge on any atom is 0.334 e. The van der Waals surface area contributed by atoms with Gasteiger partial charge in [-0.2, -0.15) is 0 Å². The first kappa shape index (κ1) is 17.9. The Balaban J connectivity index is 2.04. The quantitative estimate of drug-likeness (QED) is 0.467. The van der Waals surface area contributed by atoms with Crippen molar-refractivity contribution in [2.75, 3.05) is 0 Å². The van der Waals surface area contributed by atoms with Gasteiger partial charge in [0.2, 0.25) is 5.79 Å². The smallest absolute Gasteiger partial charge is 0.334 e. The van der Waals surface area contributed by atoms with Crippen LogP contribution in [0.4, 0.5) is 0 Å². The summed E-state index contributed by atoms with van der Waals surface area (Å²) in [7, 11) is 0. The molecule has 0 saturated carbocycles. The molecule has 3 rings (SSSR count). The van der Waals surface area contributed by atoms with Crippen LogP contribution in [-0.4, -0.2) is 40.6 Å². The molecule has 6 heteroatoms. The summed E-state index contributed by atoms with van der Waals surface area (Å²) in [4.78, 5) is 24.3. The van der Waals surface area contributed by atoms with Crippen LogP contribution in [-0.2, 0) is 23.8 Å². The fourth-order valence-electron chi connectivity index (χ4n) is 3.51. The third kappa shape index (κ3) is 3.04. The van der Waals surface area contributed by atoms with Crippen molar-refractivity contribution in [1.29, 1.82) is 0 Å². The van der Waals surface area contributed by atoms with Crippen molar-refractivity contribution in [2.24, 2.45) is 11.8 Å². The molecule has 0 aromatic heterocycles. The van der Waals surface area contributed by atoms with E-state index < -0.39 is 35.5 Å². The molecule has 5 atom stereocenters. The fraction of sp³-hybridized carbons (Fsp3) is 0.579. The molecule has 136 valence electrons. The zero-order valence-electron chi connectivity index (χ0n) is 14.9. The lowest BCUT2D eigenvalue weighted by Crippen LogP contribution is -2.41. The minimum atomic E-state index is -1.56. The van der Waals surface area contributed by atoms with E-state index in [1.54, 1.807) is 39.0 Å². The van der Waals surface area contributed by atoms with Gasteiger partial charge in [-0.3, -0.25) is 4.79 Å². The second-order valence-electron chi connectivity index (χ2n) is 7.55. The molecular weight excluding hydrogens is 324 g/mol. The first-order chi connectivity index (χ1) is 11.5. The van der Waals surface area contributed by atoms with E-state index in [1.807, 2.05) is 6.92 Å². The second-order valence-corrected chi connectivity index (χ2v) is 7.55. The molecule has 3 aliphatic rings. The number of carbonyl (C=O) groups excluding carboxylic acids is 2. The summed E-state index contributed by atoms with van der Waals surface area (Å²) in [6.45, 7) is 10.9. The van der Waals surface area contributed by atoms with Crippen molar-refractivity contribution in [3.63, 3.8) is 0 Å². The van der Waals surface area contributed by atoms with Crippen molar-refractivity contribution >= 4 is 11.9 Å². The lowest BCUT2D eigenvalue weighted by Gasteiger charge is -2.33. The van der Waals surface area contributed by atoms with E-state index in [1.165, 1.54) is 0 Å². The zero-order valence-corrected chi connectivity index (χ0v) is 14.9. The van der Waals surface area contributed by atoms with Gasteiger partial charge >= 0.3 is 11.9 Å². The van der Waals surface area contributed by atoms with Gasteiger partial charge < -0.3 is 19.3 Å². The van der Waals surface area contributed by atoms with Crippen LogP contribution in [0, 0.1) is 11.8 Å². The third-order valence-corrected chi connectivity index (χ3v) is 5.04. The van der Waals surface area contributed by atoms with Crippen LogP contribution >= 0.6 is 0 Å². The van der Waals surface area contributed by atoms with Crippen LogP contribution in [0.3, 0.4) is 0 Å². The number of rotatable bonds is 2. The molecule has 2 bridgehead atoms. The molecule has 0 radical (unpaired) electrons. The van der Waals surface area contributed by atoms with Crippen molar-refractivity contribution in [3.8, 4) is 0 Å². The van der Waals surface area contributed by atoms with E-state index in [0.29, 0.717) is 5.57 Å². The van der Waals surface area contributed by atoms with E-state index in [0.717, 1.165) is 0 Å². The standard InChI is InChI=1S/C19H24O6/c1-10(2)16(20)24-14-9-18(5)6-7-19(22,25-18)11(3)8-13-15(14)12(4)17(21)23-13/h6-8,10,13-15,22H,4,9H2,1-3,5H3/b11-8-/t13-,14+,15-,18-,19?/m0/s1. The molecule has 0 aliphatic carbocycles. The van der Waals surface area contributed by atoms with E-state index in [2.05, 4.69) is 6.58 Å². The van der Waals surface area contributed by atoms with Crippen LogP contribution in [0.5, 0.6) is 0 Å². The van der Waals surface area contributed by atoms with Gasteiger partial charge in [-0.15, -0.1) is 0 Å². The highest BCUT2D eigenvalue weighted by Gasteiger charge is 2.52. The van der Waals surface area contributed by atoms with Crippen LogP contribution in [0.15, 0.2) is 36.0 Å². The first-order valence-corrected chi connectivity index (χ1v) is 8.47. The van der Waals surface area contributed by atoms with Gasteiger partial charge in [0.05, 0.1) is 17.4 Å². The average Bonchev–Trinajstić information content (AvgIpc) is 2.97. The normalized spacial score (nSPS) is 42.2. The molecule has 25 heavy (non-hydrogen) atoms. The summed E-state index contributed by atoms with van der Waals surface area (Å²) < 4.78 is 17.0. The predicted molar refractivity (Wildman–Crippen MR) is 89.2 cm³/mol. The highest BCUT2D eigenvalue weighted by molar-refractivity contribution is 5.91. The highest BCUT2D eigenvalue weighted by atomic mass is 16.6. The Labute approximate surface area is 147 Å². The summed E-state index contributed by atoms with van der Waals surface area (Å²) in [5.74, 6) is -3.26. The van der Waals surface area contributed by atoms with E-state index in [-0.39, 0.29) is 23.9 Å². The van der Waals surface area contributed by atoms with E-state index >= 15 is 0 Å². The molecule has 3 aliphatic heterocycles. The Bertz CT molecular complexity index is 690. The highest BCUT2D eigenvalue weighted by Crippen LogP contribution is 2.44. The number of hydrogen-bond acceptors (Lipinski definition) is 6. The van der Waals surface area contributed by atoms with Crippen molar-refractivity contribution in [2.45, 2.75) is 57.7 Å². The molecule has 1 unspecified atom stereocenters. The molecule has 0 spiro atoms. The summed E-state index contributed by atoms with van der Waals surface area (Å²) >= 11 is 0. The van der Waals surface area contributed by atoms with E-state index in [9.17, 15) is 14.7 Å². The van der Waals surface area contributed by atoms with Gasteiger partial charge in [-0.1, -0.05) is 26.5 Å². The number of fused-ring (bicyclic) bond motifs is 3.